The summed E-state index contributed by atoms with van der Waals surface area (Å²) in [7, 11) is 0. The number of aromatic nitrogens is 2. The molecule has 4 rings (SSSR count). The third-order valence-corrected chi connectivity index (χ3v) is 7.16. The van der Waals surface area contributed by atoms with Gasteiger partial charge in [-0.15, -0.1) is 11.3 Å². The summed E-state index contributed by atoms with van der Waals surface area (Å²) < 4.78 is 40.0. The van der Waals surface area contributed by atoms with Gasteiger partial charge in [0, 0.05) is 5.69 Å². The Kier molecular flexibility index (Phi) is 7.11. The minimum Gasteiger partial charge on any atom is -0.323 e. The lowest BCUT2D eigenvalue weighted by Gasteiger charge is -2.12. The summed E-state index contributed by atoms with van der Waals surface area (Å²) in [6.45, 7) is 4.91. The average Bonchev–Trinajstić information content (AvgIpc) is 3.15. The smallest absolute Gasteiger partial charge is 0.323 e. The molecule has 2 amide bonds. The van der Waals surface area contributed by atoms with Crippen molar-refractivity contribution in [2.75, 3.05) is 10.6 Å². The molecule has 0 bridgehead atoms. The highest BCUT2D eigenvalue weighted by Crippen LogP contribution is 2.34. The molecule has 12 heteroatoms. The number of rotatable bonds is 5. The number of alkyl halides is 3. The Morgan fingerprint density at radius 1 is 1.05 bits per heavy atom. The molecule has 0 aliphatic heterocycles. The number of carbonyl (C=O) groups is 2. The molecule has 7 nitrogen and oxygen atoms in total. The number of hydrogen-bond donors (Lipinski definition) is 2. The van der Waals surface area contributed by atoms with Crippen molar-refractivity contribution >= 4 is 56.3 Å². The van der Waals surface area contributed by atoms with Crippen LogP contribution in [0.4, 0.5) is 24.5 Å². The largest absolute Gasteiger partial charge is 0.416 e. The summed E-state index contributed by atoms with van der Waals surface area (Å²) in [4.78, 5) is 43.5. The van der Waals surface area contributed by atoms with E-state index in [-0.39, 0.29) is 16.1 Å². The summed E-state index contributed by atoms with van der Waals surface area (Å²) in [5.41, 5.74) is 1.22. The molecular formula is C25H20ClF3N4O3S. The van der Waals surface area contributed by atoms with E-state index >= 15 is 0 Å². The minimum absolute atomic E-state index is 0.0876. The molecule has 2 N–H and O–H groups in total. The zero-order valence-corrected chi connectivity index (χ0v) is 21.4. The Labute approximate surface area is 217 Å². The van der Waals surface area contributed by atoms with Crippen molar-refractivity contribution in [2.24, 2.45) is 0 Å². The van der Waals surface area contributed by atoms with Crippen LogP contribution in [0.1, 0.15) is 31.9 Å². The number of fused-ring (bicyclic) bond motifs is 1. The summed E-state index contributed by atoms with van der Waals surface area (Å²) in [6, 6.07) is 8.15. The lowest BCUT2D eigenvalue weighted by Crippen LogP contribution is -2.28. The van der Waals surface area contributed by atoms with Gasteiger partial charge in [0.25, 0.3) is 11.5 Å². The van der Waals surface area contributed by atoms with Gasteiger partial charge in [-0.05, 0) is 56.2 Å². The van der Waals surface area contributed by atoms with Gasteiger partial charge >= 0.3 is 6.18 Å². The third-order valence-electron chi connectivity index (χ3n) is 5.64. The maximum absolute atomic E-state index is 13.1. The van der Waals surface area contributed by atoms with Crippen LogP contribution in [0.25, 0.3) is 10.2 Å². The molecule has 2 heterocycles. The molecular weight excluding hydrogens is 529 g/mol. The van der Waals surface area contributed by atoms with Crippen molar-refractivity contribution in [3.63, 3.8) is 0 Å². The number of thiophene rings is 1. The van der Waals surface area contributed by atoms with Crippen LogP contribution in [0, 0.1) is 20.8 Å². The maximum atomic E-state index is 13.1. The van der Waals surface area contributed by atoms with Gasteiger partial charge in [0.2, 0.25) is 5.91 Å². The SMILES string of the molecule is Cc1ccc(NC(=O)c2sc3ncn(CC(=O)Nc4cc(C(F)(F)F)ccc4Cl)c(=O)c3c2C)c(C)c1. The molecule has 0 saturated heterocycles. The number of nitrogens with one attached hydrogen (secondary N) is 2. The molecule has 192 valence electrons. The summed E-state index contributed by atoms with van der Waals surface area (Å²) in [6.07, 6.45) is -3.46. The van der Waals surface area contributed by atoms with Crippen LogP contribution >= 0.6 is 22.9 Å². The van der Waals surface area contributed by atoms with Gasteiger partial charge in [-0.1, -0.05) is 29.3 Å². The van der Waals surface area contributed by atoms with Crippen LogP contribution in [0.3, 0.4) is 0 Å². The lowest BCUT2D eigenvalue weighted by atomic mass is 10.1. The van der Waals surface area contributed by atoms with Crippen LogP contribution in [-0.2, 0) is 17.5 Å². The van der Waals surface area contributed by atoms with Crippen LogP contribution in [0.2, 0.25) is 5.02 Å². The summed E-state index contributed by atoms with van der Waals surface area (Å²) in [5, 5.41) is 5.24. The predicted molar refractivity (Wildman–Crippen MR) is 138 cm³/mol. The van der Waals surface area contributed by atoms with Gasteiger partial charge in [-0.2, -0.15) is 13.2 Å². The van der Waals surface area contributed by atoms with Crippen LogP contribution < -0.4 is 16.2 Å². The lowest BCUT2D eigenvalue weighted by molar-refractivity contribution is -0.137. The number of benzene rings is 2. The van der Waals surface area contributed by atoms with Crippen LogP contribution in [0.5, 0.6) is 0 Å². The quantitative estimate of drug-likeness (QED) is 0.322. The first-order valence-corrected chi connectivity index (χ1v) is 12.1. The Balaban J connectivity index is 1.58. The Bertz CT molecular complexity index is 1610. The van der Waals surface area contributed by atoms with Gasteiger partial charge in [0.05, 0.1) is 32.9 Å². The van der Waals surface area contributed by atoms with Crippen LogP contribution in [0.15, 0.2) is 47.5 Å². The van der Waals surface area contributed by atoms with Crippen molar-refractivity contribution in [3.8, 4) is 0 Å². The first-order chi connectivity index (χ1) is 17.3. The van der Waals surface area contributed by atoms with Crippen molar-refractivity contribution in [2.45, 2.75) is 33.5 Å². The fourth-order valence-corrected chi connectivity index (χ4v) is 4.96. The number of nitrogens with zero attached hydrogens (tertiary/aromatic N) is 2. The molecule has 0 aliphatic carbocycles. The molecule has 0 unspecified atom stereocenters. The fourth-order valence-electron chi connectivity index (χ4n) is 3.76. The topological polar surface area (TPSA) is 93.1 Å². The van der Waals surface area contributed by atoms with Crippen LogP contribution in [-0.4, -0.2) is 21.4 Å². The van der Waals surface area contributed by atoms with Crippen molar-refractivity contribution in [1.29, 1.82) is 0 Å². The Hall–Kier alpha value is -3.70. The highest BCUT2D eigenvalue weighted by Gasteiger charge is 2.31. The van der Waals surface area contributed by atoms with E-state index in [0.29, 0.717) is 27.0 Å². The molecule has 0 aliphatic rings. The number of halogens is 4. The van der Waals surface area contributed by atoms with Gasteiger partial charge in [0.1, 0.15) is 11.4 Å². The molecule has 4 aromatic rings. The molecule has 37 heavy (non-hydrogen) atoms. The van der Waals surface area contributed by atoms with E-state index in [1.807, 2.05) is 26.0 Å². The highest BCUT2D eigenvalue weighted by molar-refractivity contribution is 7.20. The summed E-state index contributed by atoms with van der Waals surface area (Å²) >= 11 is 6.98. The second kappa shape index (κ2) is 9.98. The second-order valence-corrected chi connectivity index (χ2v) is 9.83. The Morgan fingerprint density at radius 3 is 2.46 bits per heavy atom. The molecule has 0 saturated carbocycles. The molecule has 0 atom stereocenters. The molecule has 2 aromatic heterocycles. The maximum Gasteiger partial charge on any atom is 0.416 e. The molecule has 0 spiro atoms. The van der Waals surface area contributed by atoms with E-state index in [1.54, 1.807) is 13.0 Å². The standard InChI is InChI=1S/C25H20ClF3N4O3S/c1-12-4-7-17(13(2)8-12)32-22(35)21-14(3)20-23(37-21)30-11-33(24(20)36)10-19(34)31-18-9-15(25(27,28)29)5-6-16(18)26/h4-9,11H,10H2,1-3H3,(H,31,34)(H,32,35). The van der Waals surface area contributed by atoms with E-state index in [1.165, 1.54) is 0 Å². The van der Waals surface area contributed by atoms with Gasteiger partial charge < -0.3 is 10.6 Å². The van der Waals surface area contributed by atoms with E-state index in [2.05, 4.69) is 15.6 Å². The number of hydrogen-bond acceptors (Lipinski definition) is 5. The van der Waals surface area contributed by atoms with Crippen molar-refractivity contribution in [3.05, 3.63) is 85.2 Å². The highest BCUT2D eigenvalue weighted by atomic mass is 35.5. The zero-order valence-electron chi connectivity index (χ0n) is 19.8. The summed E-state index contributed by atoms with van der Waals surface area (Å²) in [5.74, 6) is -1.17. The van der Waals surface area contributed by atoms with Gasteiger partial charge in [-0.3, -0.25) is 19.0 Å². The minimum atomic E-state index is -4.62. The van der Waals surface area contributed by atoms with E-state index in [0.717, 1.165) is 45.5 Å². The van der Waals surface area contributed by atoms with Crippen molar-refractivity contribution < 1.29 is 22.8 Å². The normalized spacial score (nSPS) is 11.5. The van der Waals surface area contributed by atoms with E-state index in [4.69, 9.17) is 11.6 Å². The molecule has 2 aromatic carbocycles. The monoisotopic (exact) mass is 548 g/mol. The number of aryl methyl sites for hydroxylation is 3. The van der Waals surface area contributed by atoms with Gasteiger partial charge in [0.15, 0.2) is 0 Å². The number of carbonyl (C=O) groups excluding carboxylic acids is 2. The first-order valence-electron chi connectivity index (χ1n) is 10.9. The molecule has 0 fully saturated rings. The third kappa shape index (κ3) is 5.52. The van der Waals surface area contributed by atoms with E-state index < -0.39 is 35.7 Å². The Morgan fingerprint density at radius 2 is 1.78 bits per heavy atom. The first kappa shape index (κ1) is 26.4. The van der Waals surface area contributed by atoms with Gasteiger partial charge in [-0.25, -0.2) is 4.98 Å². The van der Waals surface area contributed by atoms with Crippen molar-refractivity contribution in [1.82, 2.24) is 9.55 Å². The fraction of sp³-hybridized carbons (Fsp3) is 0.200. The number of anilines is 2. The average molecular weight is 549 g/mol. The van der Waals surface area contributed by atoms with E-state index in [9.17, 15) is 27.6 Å². The predicted octanol–water partition coefficient (Wildman–Crippen LogP) is 5.95. The second-order valence-electron chi connectivity index (χ2n) is 8.43. The zero-order chi connectivity index (χ0) is 27.1. The molecule has 0 radical (unpaired) electrons. The number of amides is 2.